The Morgan fingerprint density at radius 3 is 2.60 bits per heavy atom. The number of carbonyl (C=O) groups excluding carboxylic acids is 1. The zero-order chi connectivity index (χ0) is 18.1. The van der Waals surface area contributed by atoms with E-state index in [0.717, 1.165) is 17.5 Å². The summed E-state index contributed by atoms with van der Waals surface area (Å²) in [6.45, 7) is 4.66. The van der Waals surface area contributed by atoms with Gasteiger partial charge in [0.2, 0.25) is 5.91 Å². The molecule has 0 saturated carbocycles. The molecule has 0 unspecified atom stereocenters. The van der Waals surface area contributed by atoms with Crippen molar-refractivity contribution in [2.45, 2.75) is 26.3 Å². The summed E-state index contributed by atoms with van der Waals surface area (Å²) in [7, 11) is 1.61. The van der Waals surface area contributed by atoms with E-state index in [2.05, 4.69) is 12.2 Å². The van der Waals surface area contributed by atoms with E-state index in [1.165, 1.54) is 6.08 Å². The number of nitrogens with one attached hydrogen (secondary N) is 1. The van der Waals surface area contributed by atoms with E-state index in [9.17, 15) is 4.79 Å². The SMILES string of the molecule is CCCOc1ccc(/C=C/C(=O)N[C@H](C)c2ccccc2)cc1OC. The number of benzene rings is 2. The fraction of sp³-hybridized carbons (Fsp3) is 0.286. The quantitative estimate of drug-likeness (QED) is 0.726. The van der Waals surface area contributed by atoms with Crippen molar-refractivity contribution in [3.8, 4) is 11.5 Å². The van der Waals surface area contributed by atoms with Gasteiger partial charge in [-0.2, -0.15) is 0 Å². The van der Waals surface area contributed by atoms with Crippen molar-refractivity contribution >= 4 is 12.0 Å². The highest BCUT2D eigenvalue weighted by molar-refractivity contribution is 5.92. The van der Waals surface area contributed by atoms with Crippen molar-refractivity contribution < 1.29 is 14.3 Å². The molecular formula is C21H25NO3. The van der Waals surface area contributed by atoms with Crippen LogP contribution in [-0.2, 0) is 4.79 Å². The number of ether oxygens (including phenoxy) is 2. The molecule has 0 spiro atoms. The van der Waals surface area contributed by atoms with Crippen molar-refractivity contribution in [2.24, 2.45) is 0 Å². The Morgan fingerprint density at radius 1 is 1.16 bits per heavy atom. The third kappa shape index (κ3) is 5.68. The Bertz CT molecular complexity index is 710. The Kier molecular flexibility index (Phi) is 7.08. The first-order chi connectivity index (χ1) is 12.1. The summed E-state index contributed by atoms with van der Waals surface area (Å²) in [4.78, 5) is 12.1. The van der Waals surface area contributed by atoms with Crippen LogP contribution in [0.25, 0.3) is 6.08 Å². The fourth-order valence-electron chi connectivity index (χ4n) is 2.38. The van der Waals surface area contributed by atoms with Crippen LogP contribution in [0.5, 0.6) is 11.5 Å². The smallest absolute Gasteiger partial charge is 0.244 e. The van der Waals surface area contributed by atoms with Crippen molar-refractivity contribution in [3.63, 3.8) is 0 Å². The lowest BCUT2D eigenvalue weighted by molar-refractivity contribution is -0.117. The standard InChI is InChI=1S/C21H25NO3/c1-4-14-25-19-12-10-17(15-20(19)24-3)11-13-21(23)22-16(2)18-8-6-5-7-9-18/h5-13,15-16H,4,14H2,1-3H3,(H,22,23)/b13-11+/t16-/m1/s1. The Balaban J connectivity index is 1.99. The predicted molar refractivity (Wildman–Crippen MR) is 101 cm³/mol. The molecule has 0 aliphatic rings. The van der Waals surface area contributed by atoms with Gasteiger partial charge in [0.25, 0.3) is 0 Å². The van der Waals surface area contributed by atoms with E-state index in [4.69, 9.17) is 9.47 Å². The van der Waals surface area contributed by atoms with Crippen LogP contribution in [0, 0.1) is 0 Å². The van der Waals surface area contributed by atoms with E-state index >= 15 is 0 Å². The van der Waals surface area contributed by atoms with Crippen LogP contribution in [-0.4, -0.2) is 19.6 Å². The summed E-state index contributed by atoms with van der Waals surface area (Å²) >= 11 is 0. The summed E-state index contributed by atoms with van der Waals surface area (Å²) in [5.74, 6) is 1.24. The number of hydrogen-bond acceptors (Lipinski definition) is 3. The normalized spacial score (nSPS) is 12.0. The number of rotatable bonds is 8. The summed E-state index contributed by atoms with van der Waals surface area (Å²) in [6.07, 6.45) is 4.23. The number of amides is 1. The maximum absolute atomic E-state index is 12.1. The molecule has 4 nitrogen and oxygen atoms in total. The van der Waals surface area contributed by atoms with E-state index < -0.39 is 0 Å². The highest BCUT2D eigenvalue weighted by atomic mass is 16.5. The number of hydrogen-bond donors (Lipinski definition) is 1. The largest absolute Gasteiger partial charge is 0.493 e. The lowest BCUT2D eigenvalue weighted by Gasteiger charge is -2.12. The molecule has 0 bridgehead atoms. The summed E-state index contributed by atoms with van der Waals surface area (Å²) < 4.78 is 11.0. The summed E-state index contributed by atoms with van der Waals surface area (Å²) in [5, 5.41) is 2.95. The monoisotopic (exact) mass is 339 g/mol. The molecule has 0 heterocycles. The minimum absolute atomic E-state index is 0.0438. The van der Waals surface area contributed by atoms with Gasteiger partial charge in [0.15, 0.2) is 11.5 Å². The van der Waals surface area contributed by atoms with Gasteiger partial charge in [0.1, 0.15) is 0 Å². The molecule has 0 radical (unpaired) electrons. The number of methoxy groups -OCH3 is 1. The second kappa shape index (κ2) is 9.52. The highest BCUT2D eigenvalue weighted by Gasteiger charge is 2.07. The predicted octanol–water partition coefficient (Wildman–Crippen LogP) is 4.37. The average Bonchev–Trinajstić information content (AvgIpc) is 2.65. The molecule has 0 aromatic heterocycles. The molecule has 25 heavy (non-hydrogen) atoms. The van der Waals surface area contributed by atoms with Gasteiger partial charge in [-0.05, 0) is 42.7 Å². The number of carbonyl (C=O) groups is 1. The van der Waals surface area contributed by atoms with E-state index in [1.807, 2.05) is 55.5 Å². The minimum atomic E-state index is -0.137. The van der Waals surface area contributed by atoms with Crippen LogP contribution < -0.4 is 14.8 Å². The molecule has 2 rings (SSSR count). The topological polar surface area (TPSA) is 47.6 Å². The molecule has 0 fully saturated rings. The molecule has 0 aliphatic heterocycles. The average molecular weight is 339 g/mol. The Hall–Kier alpha value is -2.75. The molecule has 0 aliphatic carbocycles. The van der Waals surface area contributed by atoms with Crippen molar-refractivity contribution in [2.75, 3.05) is 13.7 Å². The summed E-state index contributed by atoms with van der Waals surface area (Å²) in [6, 6.07) is 15.4. The van der Waals surface area contributed by atoms with Gasteiger partial charge >= 0.3 is 0 Å². The molecule has 132 valence electrons. The van der Waals surface area contributed by atoms with Gasteiger partial charge in [-0.1, -0.05) is 43.3 Å². The molecule has 1 N–H and O–H groups in total. The third-order valence-electron chi connectivity index (χ3n) is 3.73. The van der Waals surface area contributed by atoms with Crippen LogP contribution in [0.15, 0.2) is 54.6 Å². The van der Waals surface area contributed by atoms with Gasteiger partial charge < -0.3 is 14.8 Å². The van der Waals surface area contributed by atoms with Gasteiger partial charge in [-0.15, -0.1) is 0 Å². The first-order valence-electron chi connectivity index (χ1n) is 8.48. The van der Waals surface area contributed by atoms with Crippen LogP contribution in [0.2, 0.25) is 0 Å². The molecule has 2 aromatic carbocycles. The maximum atomic E-state index is 12.1. The van der Waals surface area contributed by atoms with Crippen molar-refractivity contribution in [1.29, 1.82) is 0 Å². The van der Waals surface area contributed by atoms with Gasteiger partial charge in [0.05, 0.1) is 19.8 Å². The van der Waals surface area contributed by atoms with E-state index in [0.29, 0.717) is 18.1 Å². The third-order valence-corrected chi connectivity index (χ3v) is 3.73. The van der Waals surface area contributed by atoms with E-state index in [1.54, 1.807) is 13.2 Å². The van der Waals surface area contributed by atoms with Crippen LogP contribution >= 0.6 is 0 Å². The maximum Gasteiger partial charge on any atom is 0.244 e. The second-order valence-corrected chi connectivity index (χ2v) is 5.73. The lowest BCUT2D eigenvalue weighted by Crippen LogP contribution is -2.24. The van der Waals surface area contributed by atoms with Gasteiger partial charge in [-0.3, -0.25) is 4.79 Å². The van der Waals surface area contributed by atoms with Gasteiger partial charge in [-0.25, -0.2) is 0 Å². The molecule has 1 amide bonds. The molecule has 0 saturated heterocycles. The lowest BCUT2D eigenvalue weighted by atomic mass is 10.1. The van der Waals surface area contributed by atoms with Gasteiger partial charge in [0, 0.05) is 6.08 Å². The minimum Gasteiger partial charge on any atom is -0.493 e. The van der Waals surface area contributed by atoms with E-state index in [-0.39, 0.29) is 11.9 Å². The Labute approximate surface area is 149 Å². The second-order valence-electron chi connectivity index (χ2n) is 5.73. The molecular weight excluding hydrogens is 314 g/mol. The first-order valence-corrected chi connectivity index (χ1v) is 8.48. The highest BCUT2D eigenvalue weighted by Crippen LogP contribution is 2.28. The molecule has 2 aromatic rings. The van der Waals surface area contributed by atoms with Crippen molar-refractivity contribution in [3.05, 3.63) is 65.7 Å². The molecule has 1 atom stereocenters. The molecule has 4 heteroatoms. The summed E-state index contributed by atoms with van der Waals surface area (Å²) in [5.41, 5.74) is 1.95. The first kappa shape index (κ1) is 18.6. The fourth-order valence-corrected chi connectivity index (χ4v) is 2.38. The zero-order valence-electron chi connectivity index (χ0n) is 15.0. The van der Waals surface area contributed by atoms with Crippen LogP contribution in [0.4, 0.5) is 0 Å². The Morgan fingerprint density at radius 2 is 1.92 bits per heavy atom. The zero-order valence-corrected chi connectivity index (χ0v) is 15.0. The van der Waals surface area contributed by atoms with Crippen LogP contribution in [0.3, 0.4) is 0 Å². The van der Waals surface area contributed by atoms with Crippen molar-refractivity contribution in [1.82, 2.24) is 5.32 Å². The van der Waals surface area contributed by atoms with Crippen LogP contribution in [0.1, 0.15) is 37.4 Å².